The zero-order valence-electron chi connectivity index (χ0n) is 7.08. The molecular weight excluding hydrogens is 168 g/mol. The van der Waals surface area contributed by atoms with Gasteiger partial charge in [-0.05, 0) is 12.5 Å². The Labute approximate surface area is 76.7 Å². The first-order chi connectivity index (χ1) is 5.86. The molecule has 1 aromatic rings. The van der Waals surface area contributed by atoms with Crippen LogP contribution in [0.4, 0.5) is 5.13 Å². The molecule has 0 aliphatic rings. The number of thiazole rings is 1. The molecule has 1 N–H and O–H groups in total. The van der Waals surface area contributed by atoms with Crippen molar-refractivity contribution < 1.29 is 0 Å². The molecule has 64 valence electrons. The van der Waals surface area contributed by atoms with E-state index in [1.54, 1.807) is 23.6 Å². The van der Waals surface area contributed by atoms with Crippen LogP contribution in [0.2, 0.25) is 0 Å². The largest absolute Gasteiger partial charge is 0.332 e. The van der Waals surface area contributed by atoms with E-state index in [1.807, 2.05) is 5.38 Å². The monoisotopic (exact) mass is 180 g/mol. The van der Waals surface area contributed by atoms with Crippen molar-refractivity contribution in [3.8, 4) is 0 Å². The second-order valence-electron chi connectivity index (χ2n) is 2.23. The van der Waals surface area contributed by atoms with E-state index in [0.717, 1.165) is 17.2 Å². The van der Waals surface area contributed by atoms with Crippen molar-refractivity contribution in [1.29, 1.82) is 0 Å². The molecule has 0 radical (unpaired) electrons. The van der Waals surface area contributed by atoms with E-state index in [2.05, 4.69) is 29.9 Å². The summed E-state index contributed by atoms with van der Waals surface area (Å²) in [5.74, 6) is 0. The highest BCUT2D eigenvalue weighted by Gasteiger charge is 1.94. The lowest BCUT2D eigenvalue weighted by Gasteiger charge is -2.01. The van der Waals surface area contributed by atoms with Gasteiger partial charge in [-0.1, -0.05) is 19.6 Å². The van der Waals surface area contributed by atoms with E-state index in [1.165, 1.54) is 0 Å². The molecule has 0 unspecified atom stereocenters. The van der Waals surface area contributed by atoms with Crippen molar-refractivity contribution >= 4 is 16.5 Å². The molecule has 1 rings (SSSR count). The quantitative estimate of drug-likeness (QED) is 0.720. The van der Waals surface area contributed by atoms with Gasteiger partial charge in [-0.3, -0.25) is 0 Å². The molecule has 0 aliphatic carbocycles. The highest BCUT2D eigenvalue weighted by atomic mass is 32.1. The Kier molecular flexibility index (Phi) is 3.54. The SMILES string of the molecule is C=C/C(=C\CC)Nc1nccs1. The van der Waals surface area contributed by atoms with Gasteiger partial charge in [-0.2, -0.15) is 0 Å². The van der Waals surface area contributed by atoms with Crippen LogP contribution in [0, 0.1) is 0 Å². The molecule has 0 spiro atoms. The first-order valence-electron chi connectivity index (χ1n) is 3.86. The molecule has 0 saturated heterocycles. The van der Waals surface area contributed by atoms with Gasteiger partial charge < -0.3 is 5.32 Å². The lowest BCUT2D eigenvalue weighted by atomic mass is 10.3. The van der Waals surface area contributed by atoms with Crippen molar-refractivity contribution in [2.24, 2.45) is 0 Å². The Balaban J connectivity index is 2.60. The van der Waals surface area contributed by atoms with Crippen molar-refractivity contribution in [3.05, 3.63) is 36.0 Å². The van der Waals surface area contributed by atoms with Crippen LogP contribution in [-0.4, -0.2) is 4.98 Å². The average molecular weight is 180 g/mol. The van der Waals surface area contributed by atoms with Gasteiger partial charge >= 0.3 is 0 Å². The van der Waals surface area contributed by atoms with E-state index >= 15 is 0 Å². The maximum Gasteiger partial charge on any atom is 0.187 e. The van der Waals surface area contributed by atoms with E-state index in [-0.39, 0.29) is 0 Å². The molecular formula is C9H12N2S. The molecule has 1 aromatic heterocycles. The first-order valence-corrected chi connectivity index (χ1v) is 4.74. The van der Waals surface area contributed by atoms with E-state index < -0.39 is 0 Å². The zero-order valence-corrected chi connectivity index (χ0v) is 7.90. The van der Waals surface area contributed by atoms with E-state index in [0.29, 0.717) is 0 Å². The summed E-state index contributed by atoms with van der Waals surface area (Å²) in [4.78, 5) is 4.11. The van der Waals surface area contributed by atoms with Gasteiger partial charge in [0.25, 0.3) is 0 Å². The van der Waals surface area contributed by atoms with Crippen LogP contribution < -0.4 is 5.32 Å². The van der Waals surface area contributed by atoms with E-state index in [9.17, 15) is 0 Å². The summed E-state index contributed by atoms with van der Waals surface area (Å²) in [6.45, 7) is 5.80. The van der Waals surface area contributed by atoms with Gasteiger partial charge in [0.15, 0.2) is 5.13 Å². The maximum atomic E-state index is 4.11. The zero-order chi connectivity index (χ0) is 8.81. The van der Waals surface area contributed by atoms with Gasteiger partial charge in [0.05, 0.1) is 0 Å². The number of rotatable bonds is 4. The van der Waals surface area contributed by atoms with Gasteiger partial charge in [-0.15, -0.1) is 11.3 Å². The molecule has 1 heterocycles. The van der Waals surface area contributed by atoms with Crippen molar-refractivity contribution in [1.82, 2.24) is 4.98 Å². The van der Waals surface area contributed by atoms with Crippen LogP contribution in [0.15, 0.2) is 36.0 Å². The normalized spacial score (nSPS) is 11.2. The van der Waals surface area contributed by atoms with Crippen LogP contribution in [-0.2, 0) is 0 Å². The molecule has 0 amide bonds. The summed E-state index contributed by atoms with van der Waals surface area (Å²) in [5, 5.41) is 6.01. The lowest BCUT2D eigenvalue weighted by Crippen LogP contribution is -1.94. The molecule has 0 fully saturated rings. The van der Waals surface area contributed by atoms with Crippen molar-refractivity contribution in [3.63, 3.8) is 0 Å². The van der Waals surface area contributed by atoms with Gasteiger partial charge in [0, 0.05) is 17.3 Å². The number of hydrogen-bond donors (Lipinski definition) is 1. The Bertz CT molecular complexity index is 262. The van der Waals surface area contributed by atoms with Gasteiger partial charge in [0.1, 0.15) is 0 Å². The van der Waals surface area contributed by atoms with Gasteiger partial charge in [-0.25, -0.2) is 4.98 Å². The molecule has 3 heteroatoms. The van der Waals surface area contributed by atoms with Crippen molar-refractivity contribution in [2.45, 2.75) is 13.3 Å². The molecule has 0 atom stereocenters. The van der Waals surface area contributed by atoms with Crippen LogP contribution >= 0.6 is 11.3 Å². The number of allylic oxidation sites excluding steroid dienone is 2. The fourth-order valence-electron chi connectivity index (χ4n) is 0.814. The Morgan fingerprint density at radius 3 is 3.17 bits per heavy atom. The summed E-state index contributed by atoms with van der Waals surface area (Å²) < 4.78 is 0. The number of aromatic nitrogens is 1. The first kappa shape index (κ1) is 9.00. The number of nitrogens with zero attached hydrogens (tertiary/aromatic N) is 1. The smallest absolute Gasteiger partial charge is 0.187 e. The minimum Gasteiger partial charge on any atom is -0.332 e. The average Bonchev–Trinajstić information content (AvgIpc) is 2.56. The molecule has 0 bridgehead atoms. The number of hydrogen-bond acceptors (Lipinski definition) is 3. The second kappa shape index (κ2) is 4.72. The highest BCUT2D eigenvalue weighted by Crippen LogP contribution is 2.13. The summed E-state index contributed by atoms with van der Waals surface area (Å²) in [6.07, 6.45) is 6.65. The van der Waals surface area contributed by atoms with Crippen molar-refractivity contribution in [2.75, 3.05) is 5.32 Å². The summed E-state index contributed by atoms with van der Waals surface area (Å²) >= 11 is 1.58. The van der Waals surface area contributed by atoms with Crippen LogP contribution in [0.5, 0.6) is 0 Å². The third-order valence-corrected chi connectivity index (χ3v) is 2.02. The standard InChI is InChI=1S/C9H12N2S/c1-3-5-8(4-2)11-9-10-6-7-12-9/h4-7H,2-3H2,1H3,(H,10,11)/b8-5+. The molecule has 2 nitrogen and oxygen atoms in total. The van der Waals surface area contributed by atoms with Crippen LogP contribution in [0.1, 0.15) is 13.3 Å². The fourth-order valence-corrected chi connectivity index (χ4v) is 1.36. The predicted molar refractivity (Wildman–Crippen MR) is 54.3 cm³/mol. The van der Waals surface area contributed by atoms with Crippen LogP contribution in [0.25, 0.3) is 0 Å². The second-order valence-corrected chi connectivity index (χ2v) is 3.13. The topological polar surface area (TPSA) is 24.9 Å². The highest BCUT2D eigenvalue weighted by molar-refractivity contribution is 7.13. The minimum atomic E-state index is 0.912. The summed E-state index contributed by atoms with van der Waals surface area (Å²) in [5.41, 5.74) is 1.02. The molecule has 0 aliphatic heterocycles. The fraction of sp³-hybridized carbons (Fsp3) is 0.222. The molecule has 12 heavy (non-hydrogen) atoms. The number of anilines is 1. The molecule has 0 saturated carbocycles. The predicted octanol–water partition coefficient (Wildman–Crippen LogP) is 3.03. The summed E-state index contributed by atoms with van der Waals surface area (Å²) in [6, 6.07) is 0. The third-order valence-electron chi connectivity index (χ3n) is 1.33. The molecule has 0 aromatic carbocycles. The Morgan fingerprint density at radius 1 is 1.83 bits per heavy atom. The number of nitrogens with one attached hydrogen (secondary N) is 1. The summed E-state index contributed by atoms with van der Waals surface area (Å²) in [7, 11) is 0. The lowest BCUT2D eigenvalue weighted by molar-refractivity contribution is 1.19. The Hall–Kier alpha value is -1.09. The van der Waals surface area contributed by atoms with Gasteiger partial charge in [0.2, 0.25) is 0 Å². The Morgan fingerprint density at radius 2 is 2.67 bits per heavy atom. The van der Waals surface area contributed by atoms with E-state index in [4.69, 9.17) is 0 Å². The van der Waals surface area contributed by atoms with Crippen LogP contribution in [0.3, 0.4) is 0 Å². The maximum absolute atomic E-state index is 4.11. The minimum absolute atomic E-state index is 0.912. The third kappa shape index (κ3) is 2.51.